The Morgan fingerprint density at radius 2 is 1.73 bits per heavy atom. The molecule has 1 fully saturated rings. The number of anilines is 1. The zero-order valence-electron chi connectivity index (χ0n) is 16.1. The Morgan fingerprint density at radius 1 is 1.03 bits per heavy atom. The monoisotopic (exact) mass is 424 g/mol. The molecule has 1 aliphatic rings. The standard InChI is InChI=1S/C20H20N6O3S/c27-19(14-30-20-21-15-25(22-20)16-6-2-1-3-7-16)24-12-10-23(11-13-24)17-8-4-5-9-18(17)26(28)29/h1-9,15H,10-14H2. The van der Waals surface area contributed by atoms with E-state index in [0.717, 1.165) is 5.69 Å². The first-order chi connectivity index (χ1) is 14.6. The van der Waals surface area contributed by atoms with Gasteiger partial charge < -0.3 is 9.80 Å². The minimum Gasteiger partial charge on any atom is -0.362 e. The van der Waals surface area contributed by atoms with Crippen LogP contribution < -0.4 is 4.90 Å². The number of hydrogen-bond donors (Lipinski definition) is 0. The molecule has 0 bridgehead atoms. The molecule has 2 heterocycles. The quantitative estimate of drug-likeness (QED) is 0.341. The lowest BCUT2D eigenvalue weighted by Crippen LogP contribution is -2.49. The Balaban J connectivity index is 1.30. The molecule has 1 aromatic heterocycles. The molecule has 4 rings (SSSR count). The Kier molecular flexibility index (Phi) is 5.94. The number of nitrogens with zero attached hydrogens (tertiary/aromatic N) is 6. The Morgan fingerprint density at radius 3 is 2.47 bits per heavy atom. The van der Waals surface area contributed by atoms with Gasteiger partial charge in [0.1, 0.15) is 12.0 Å². The largest absolute Gasteiger partial charge is 0.362 e. The normalized spacial score (nSPS) is 14.0. The van der Waals surface area contributed by atoms with Gasteiger partial charge in [-0.3, -0.25) is 14.9 Å². The van der Waals surface area contributed by atoms with E-state index in [1.54, 1.807) is 34.1 Å². The molecule has 2 aromatic carbocycles. The Bertz CT molecular complexity index is 1030. The number of amides is 1. The van der Waals surface area contributed by atoms with Gasteiger partial charge in [-0.2, -0.15) is 0 Å². The number of nitro benzene ring substituents is 1. The Hall–Kier alpha value is -3.40. The van der Waals surface area contributed by atoms with E-state index in [1.807, 2.05) is 35.2 Å². The van der Waals surface area contributed by atoms with Gasteiger partial charge in [-0.05, 0) is 18.2 Å². The summed E-state index contributed by atoms with van der Waals surface area (Å²) in [6.45, 7) is 2.17. The maximum Gasteiger partial charge on any atom is 0.292 e. The second kappa shape index (κ2) is 8.95. The van der Waals surface area contributed by atoms with Crippen LogP contribution in [0.1, 0.15) is 0 Å². The molecule has 3 aromatic rings. The summed E-state index contributed by atoms with van der Waals surface area (Å²) in [7, 11) is 0. The highest BCUT2D eigenvalue weighted by Gasteiger charge is 2.25. The maximum absolute atomic E-state index is 12.6. The first-order valence-corrected chi connectivity index (χ1v) is 10.5. The van der Waals surface area contributed by atoms with E-state index in [0.29, 0.717) is 37.0 Å². The van der Waals surface area contributed by atoms with Crippen molar-refractivity contribution in [2.75, 3.05) is 36.8 Å². The smallest absolute Gasteiger partial charge is 0.292 e. The second-order valence-corrected chi connectivity index (χ2v) is 7.65. The van der Waals surface area contributed by atoms with Gasteiger partial charge in [0.25, 0.3) is 5.69 Å². The summed E-state index contributed by atoms with van der Waals surface area (Å²) >= 11 is 1.30. The zero-order valence-corrected chi connectivity index (χ0v) is 16.9. The highest BCUT2D eigenvalue weighted by atomic mass is 32.2. The van der Waals surface area contributed by atoms with Gasteiger partial charge in [-0.25, -0.2) is 9.67 Å². The third-order valence-electron chi connectivity index (χ3n) is 4.87. The fraction of sp³-hybridized carbons (Fsp3) is 0.250. The van der Waals surface area contributed by atoms with Gasteiger partial charge in [-0.1, -0.05) is 42.1 Å². The Labute approximate surface area is 177 Å². The highest BCUT2D eigenvalue weighted by Crippen LogP contribution is 2.28. The summed E-state index contributed by atoms with van der Waals surface area (Å²) in [5.74, 6) is 0.267. The van der Waals surface area contributed by atoms with Crippen molar-refractivity contribution in [3.63, 3.8) is 0 Å². The SMILES string of the molecule is O=C(CSc1ncn(-c2ccccc2)n1)N1CCN(c2ccccc2[N+](=O)[O-])CC1. The molecule has 9 nitrogen and oxygen atoms in total. The van der Waals surface area contributed by atoms with Gasteiger partial charge >= 0.3 is 0 Å². The van der Waals surface area contributed by atoms with Crippen molar-refractivity contribution in [1.82, 2.24) is 19.7 Å². The summed E-state index contributed by atoms with van der Waals surface area (Å²) in [6.07, 6.45) is 1.63. The number of carbonyl (C=O) groups excluding carboxylic acids is 1. The van der Waals surface area contributed by atoms with Crippen LogP contribution >= 0.6 is 11.8 Å². The van der Waals surface area contributed by atoms with Gasteiger partial charge in [0.05, 0.1) is 16.4 Å². The molecule has 10 heteroatoms. The molecule has 1 amide bonds. The van der Waals surface area contributed by atoms with Crippen LogP contribution in [-0.2, 0) is 4.79 Å². The molecule has 0 N–H and O–H groups in total. The topological polar surface area (TPSA) is 97.4 Å². The summed E-state index contributed by atoms with van der Waals surface area (Å²) in [4.78, 5) is 31.5. The van der Waals surface area contributed by atoms with Crippen LogP contribution in [-0.4, -0.2) is 62.4 Å². The molecule has 154 valence electrons. The summed E-state index contributed by atoms with van der Waals surface area (Å²) < 4.78 is 1.68. The zero-order chi connectivity index (χ0) is 20.9. The van der Waals surface area contributed by atoms with E-state index in [1.165, 1.54) is 17.8 Å². The van der Waals surface area contributed by atoms with Crippen molar-refractivity contribution < 1.29 is 9.72 Å². The van der Waals surface area contributed by atoms with E-state index in [-0.39, 0.29) is 22.3 Å². The van der Waals surface area contributed by atoms with E-state index in [4.69, 9.17) is 0 Å². The second-order valence-electron chi connectivity index (χ2n) is 6.71. The minimum absolute atomic E-state index is 0.0123. The molecule has 0 atom stereocenters. The fourth-order valence-corrected chi connectivity index (χ4v) is 4.02. The van der Waals surface area contributed by atoms with Crippen LogP contribution in [0.2, 0.25) is 0 Å². The number of hydrogen-bond acceptors (Lipinski definition) is 7. The van der Waals surface area contributed by atoms with E-state index in [2.05, 4.69) is 10.1 Å². The number of aromatic nitrogens is 3. The van der Waals surface area contributed by atoms with Crippen molar-refractivity contribution in [2.45, 2.75) is 5.16 Å². The molecular formula is C20H20N6O3S. The third kappa shape index (κ3) is 4.43. The van der Waals surface area contributed by atoms with E-state index in [9.17, 15) is 14.9 Å². The van der Waals surface area contributed by atoms with Crippen molar-refractivity contribution in [2.24, 2.45) is 0 Å². The third-order valence-corrected chi connectivity index (χ3v) is 5.70. The molecule has 0 spiro atoms. The van der Waals surface area contributed by atoms with E-state index >= 15 is 0 Å². The molecule has 0 saturated carbocycles. The molecule has 0 radical (unpaired) electrons. The van der Waals surface area contributed by atoms with Crippen LogP contribution in [0.15, 0.2) is 66.1 Å². The van der Waals surface area contributed by atoms with Gasteiger partial charge in [0.15, 0.2) is 0 Å². The molecule has 30 heavy (non-hydrogen) atoms. The average molecular weight is 424 g/mol. The fourth-order valence-electron chi connectivity index (χ4n) is 3.32. The first-order valence-electron chi connectivity index (χ1n) is 9.48. The van der Waals surface area contributed by atoms with Crippen LogP contribution in [0, 0.1) is 10.1 Å². The number of piperazine rings is 1. The number of rotatable bonds is 6. The van der Waals surface area contributed by atoms with Crippen molar-refractivity contribution in [1.29, 1.82) is 0 Å². The number of nitro groups is 1. The van der Waals surface area contributed by atoms with Crippen molar-refractivity contribution >= 4 is 29.0 Å². The minimum atomic E-state index is -0.370. The molecule has 0 unspecified atom stereocenters. The van der Waals surface area contributed by atoms with Crippen LogP contribution in [0.3, 0.4) is 0 Å². The van der Waals surface area contributed by atoms with Gasteiger partial charge in [-0.15, -0.1) is 5.10 Å². The lowest BCUT2D eigenvalue weighted by Gasteiger charge is -2.35. The maximum atomic E-state index is 12.6. The average Bonchev–Trinajstić information content (AvgIpc) is 3.27. The van der Waals surface area contributed by atoms with E-state index < -0.39 is 0 Å². The van der Waals surface area contributed by atoms with Gasteiger partial charge in [0, 0.05) is 32.2 Å². The lowest BCUT2D eigenvalue weighted by molar-refractivity contribution is -0.384. The predicted octanol–water partition coefficient (Wildman–Crippen LogP) is 2.62. The molecule has 1 aliphatic heterocycles. The number of thioether (sulfide) groups is 1. The molecular weight excluding hydrogens is 404 g/mol. The van der Waals surface area contributed by atoms with Crippen LogP contribution in [0.5, 0.6) is 0 Å². The summed E-state index contributed by atoms with van der Waals surface area (Å²) in [5.41, 5.74) is 1.60. The van der Waals surface area contributed by atoms with Crippen LogP contribution in [0.25, 0.3) is 5.69 Å². The summed E-state index contributed by atoms with van der Waals surface area (Å²) in [6, 6.07) is 16.4. The number of benzene rings is 2. The highest BCUT2D eigenvalue weighted by molar-refractivity contribution is 7.99. The van der Waals surface area contributed by atoms with Crippen LogP contribution in [0.4, 0.5) is 11.4 Å². The van der Waals surface area contributed by atoms with Crippen molar-refractivity contribution in [3.05, 3.63) is 71.0 Å². The van der Waals surface area contributed by atoms with Gasteiger partial charge in [0.2, 0.25) is 11.1 Å². The predicted molar refractivity (Wildman–Crippen MR) is 114 cm³/mol. The first kappa shape index (κ1) is 19.9. The number of para-hydroxylation sites is 3. The number of carbonyl (C=O) groups is 1. The lowest BCUT2D eigenvalue weighted by atomic mass is 10.2. The van der Waals surface area contributed by atoms with Crippen molar-refractivity contribution in [3.8, 4) is 5.69 Å². The molecule has 1 saturated heterocycles. The molecule has 0 aliphatic carbocycles. The summed E-state index contributed by atoms with van der Waals surface area (Å²) in [5, 5.41) is 16.2.